The van der Waals surface area contributed by atoms with Gasteiger partial charge in [-0.2, -0.15) is 26.3 Å². The number of aromatic nitrogens is 2. The minimum Gasteiger partial charge on any atom is -0.421 e. The van der Waals surface area contributed by atoms with Gasteiger partial charge in [0.05, 0.1) is 13.6 Å². The van der Waals surface area contributed by atoms with Crippen LogP contribution < -0.4 is 4.57 Å². The molecule has 0 aliphatic heterocycles. The molecule has 0 fully saturated rings. The first-order valence-electron chi connectivity index (χ1n) is 5.64. The van der Waals surface area contributed by atoms with Crippen molar-refractivity contribution in [1.29, 1.82) is 0 Å². The predicted octanol–water partition coefficient (Wildman–Crippen LogP) is 2.92. The van der Waals surface area contributed by atoms with E-state index >= 15 is 0 Å². The molecule has 17 heteroatoms. The number of aryl methyl sites for hydroxylation is 2. The van der Waals surface area contributed by atoms with E-state index in [0.717, 1.165) is 19.9 Å². The number of imidazole rings is 1. The van der Waals surface area contributed by atoms with Crippen molar-refractivity contribution in [2.45, 2.75) is 24.5 Å². The Labute approximate surface area is 155 Å². The molecular weight excluding hydrogens is 540 g/mol. The van der Waals surface area contributed by atoms with Crippen LogP contribution in [-0.2, 0) is 33.6 Å². The Morgan fingerprint density at radius 3 is 1.56 bits per heavy atom. The lowest BCUT2D eigenvalue weighted by Crippen LogP contribution is -2.30. The summed E-state index contributed by atoms with van der Waals surface area (Å²) < 4.78 is 115. The number of sulfonamides is 2. The molecular formula is C8H9Br2F6N3O4S2. The third-order valence-corrected chi connectivity index (χ3v) is 7.20. The quantitative estimate of drug-likeness (QED) is 0.429. The van der Waals surface area contributed by atoms with Crippen LogP contribution in [0.2, 0.25) is 0 Å². The minimum atomic E-state index is -6.72. The molecule has 0 atom stereocenters. The molecule has 0 N–H and O–H groups in total. The van der Waals surface area contributed by atoms with Gasteiger partial charge in [-0.25, -0.2) is 26.0 Å². The molecule has 0 aliphatic carbocycles. The fourth-order valence-corrected chi connectivity index (χ4v) is 3.66. The maximum atomic E-state index is 11.4. The standard InChI is InChI=1S/C6H9Br2N2.C2F6NO4S2/c1-3-10-4-9(2)5(7)6(10)8;3-1(4,5)14(10,11)9-15(12,13)2(6,7)8/h4H,3H2,1-2H3;/q+1;-1. The van der Waals surface area contributed by atoms with Gasteiger partial charge in [0.25, 0.3) is 0 Å². The van der Waals surface area contributed by atoms with E-state index in [4.69, 9.17) is 0 Å². The van der Waals surface area contributed by atoms with E-state index in [9.17, 15) is 43.2 Å². The fraction of sp³-hybridized carbons (Fsp3) is 0.625. The van der Waals surface area contributed by atoms with E-state index in [2.05, 4.69) is 43.4 Å². The molecule has 1 rings (SSSR count). The number of halogens is 8. The molecule has 0 bridgehead atoms. The summed E-state index contributed by atoms with van der Waals surface area (Å²) in [5.41, 5.74) is -12.4. The zero-order valence-electron chi connectivity index (χ0n) is 12.1. The van der Waals surface area contributed by atoms with Crippen molar-refractivity contribution in [3.05, 3.63) is 19.7 Å². The largest absolute Gasteiger partial charge is 0.480 e. The average molecular weight is 549 g/mol. The highest BCUT2D eigenvalue weighted by Gasteiger charge is 2.46. The molecule has 148 valence electrons. The van der Waals surface area contributed by atoms with E-state index in [1.54, 1.807) is 0 Å². The van der Waals surface area contributed by atoms with Gasteiger partial charge in [-0.1, -0.05) is 0 Å². The van der Waals surface area contributed by atoms with Crippen LogP contribution in [0, 0.1) is 0 Å². The molecule has 1 aromatic rings. The summed E-state index contributed by atoms with van der Waals surface area (Å²) in [6.45, 7) is 3.09. The molecule has 0 saturated heterocycles. The number of alkyl halides is 6. The van der Waals surface area contributed by atoms with Crippen molar-refractivity contribution in [3.8, 4) is 0 Å². The van der Waals surface area contributed by atoms with Crippen molar-refractivity contribution in [1.82, 2.24) is 4.57 Å². The van der Waals surface area contributed by atoms with E-state index in [-0.39, 0.29) is 0 Å². The Hall–Kier alpha value is -0.390. The van der Waals surface area contributed by atoms with Gasteiger partial charge in [0.1, 0.15) is 0 Å². The normalized spacial score (nSPS) is 13.4. The van der Waals surface area contributed by atoms with Crippen LogP contribution in [0.3, 0.4) is 0 Å². The zero-order valence-corrected chi connectivity index (χ0v) is 16.9. The lowest BCUT2D eigenvalue weighted by atomic mass is 10.7. The van der Waals surface area contributed by atoms with Crippen molar-refractivity contribution in [2.24, 2.45) is 7.05 Å². The average Bonchev–Trinajstić information content (AvgIpc) is 2.63. The van der Waals surface area contributed by atoms with Crippen LogP contribution in [0.4, 0.5) is 26.3 Å². The Morgan fingerprint density at radius 2 is 1.40 bits per heavy atom. The van der Waals surface area contributed by atoms with Crippen LogP contribution in [0.5, 0.6) is 0 Å². The highest BCUT2D eigenvalue weighted by molar-refractivity contribution is 9.13. The van der Waals surface area contributed by atoms with Gasteiger partial charge in [-0.05, 0) is 6.92 Å². The summed E-state index contributed by atoms with van der Waals surface area (Å²) in [6.07, 6.45) is 2.04. The Morgan fingerprint density at radius 1 is 1.04 bits per heavy atom. The second kappa shape index (κ2) is 8.10. The lowest BCUT2D eigenvalue weighted by molar-refractivity contribution is -0.682. The van der Waals surface area contributed by atoms with Crippen LogP contribution in [0.25, 0.3) is 4.13 Å². The molecule has 25 heavy (non-hydrogen) atoms. The van der Waals surface area contributed by atoms with Crippen molar-refractivity contribution in [2.75, 3.05) is 0 Å². The maximum Gasteiger partial charge on any atom is 0.480 e. The molecule has 0 aliphatic rings. The molecule has 0 aromatic carbocycles. The second-order valence-electron chi connectivity index (χ2n) is 4.01. The molecule has 0 radical (unpaired) electrons. The SMILES string of the molecule is CCn1c[n+](C)c(Br)c1Br.O=S(=O)([N-]S(=O)(=O)C(F)(F)F)C(F)(F)F. The molecule has 1 aromatic heterocycles. The molecule has 7 nitrogen and oxygen atoms in total. The minimum absolute atomic E-state index is 0.778. The lowest BCUT2D eigenvalue weighted by Gasteiger charge is -2.22. The zero-order chi connectivity index (χ0) is 20.4. The van der Waals surface area contributed by atoms with Crippen LogP contribution in [0.15, 0.2) is 15.5 Å². The highest BCUT2D eigenvalue weighted by Crippen LogP contribution is 2.36. The summed E-state index contributed by atoms with van der Waals surface area (Å²) in [6, 6.07) is 0. The highest BCUT2D eigenvalue weighted by atomic mass is 79.9. The summed E-state index contributed by atoms with van der Waals surface area (Å²) >= 11 is 6.89. The first-order chi connectivity index (χ1) is 10.9. The first-order valence-corrected chi connectivity index (χ1v) is 10.1. The monoisotopic (exact) mass is 547 g/mol. The van der Waals surface area contributed by atoms with Crippen molar-refractivity contribution < 1.29 is 47.7 Å². The smallest absolute Gasteiger partial charge is 0.421 e. The van der Waals surface area contributed by atoms with Crippen molar-refractivity contribution in [3.63, 3.8) is 0 Å². The van der Waals surface area contributed by atoms with E-state index in [1.165, 1.54) is 0 Å². The topological polar surface area (TPSA) is 91.2 Å². The number of nitrogens with zero attached hydrogens (tertiary/aromatic N) is 3. The summed E-state index contributed by atoms with van der Waals surface area (Å²) in [5, 5.41) is 0. The maximum absolute atomic E-state index is 11.4. The third-order valence-electron chi connectivity index (χ3n) is 2.17. The number of rotatable bonds is 3. The van der Waals surface area contributed by atoms with Gasteiger partial charge >= 0.3 is 11.0 Å². The molecule has 0 saturated carbocycles. The van der Waals surface area contributed by atoms with E-state index < -0.39 is 31.1 Å². The van der Waals surface area contributed by atoms with Crippen LogP contribution in [-0.4, -0.2) is 32.4 Å². The van der Waals surface area contributed by atoms with Gasteiger partial charge < -0.3 is 4.13 Å². The van der Waals surface area contributed by atoms with Crippen LogP contribution in [0.1, 0.15) is 6.92 Å². The number of hydrogen-bond acceptors (Lipinski definition) is 4. The van der Waals surface area contributed by atoms with E-state index in [1.807, 2.05) is 17.9 Å². The van der Waals surface area contributed by atoms with Gasteiger partial charge in [-0.15, -0.1) is 0 Å². The summed E-state index contributed by atoms with van der Waals surface area (Å²) in [5.74, 6) is 0. The summed E-state index contributed by atoms with van der Waals surface area (Å²) in [4.78, 5) is 0. The molecule has 0 spiro atoms. The number of hydrogen-bond donors (Lipinski definition) is 0. The third kappa shape index (κ3) is 6.37. The molecule has 1 heterocycles. The van der Waals surface area contributed by atoms with E-state index in [0.29, 0.717) is 0 Å². The van der Waals surface area contributed by atoms with Gasteiger partial charge in [0.15, 0.2) is 20.0 Å². The second-order valence-corrected chi connectivity index (χ2v) is 8.93. The van der Waals surface area contributed by atoms with Gasteiger partial charge in [0, 0.05) is 31.9 Å². The Kier molecular flexibility index (Phi) is 7.97. The fourth-order valence-electron chi connectivity index (χ4n) is 1.01. The Balaban J connectivity index is 0.000000496. The van der Waals surface area contributed by atoms with Gasteiger partial charge in [0.2, 0.25) is 15.5 Å². The first kappa shape index (κ1) is 24.6. The van der Waals surface area contributed by atoms with Gasteiger partial charge in [-0.3, -0.25) is 0 Å². The summed E-state index contributed by atoms with van der Waals surface area (Å²) in [7, 11) is -11.4. The van der Waals surface area contributed by atoms with Crippen molar-refractivity contribution >= 4 is 51.9 Å². The van der Waals surface area contributed by atoms with Crippen LogP contribution >= 0.6 is 31.9 Å². The Bertz CT molecular complexity index is 774. The molecule has 0 unspecified atom stereocenters. The predicted molar refractivity (Wildman–Crippen MR) is 80.0 cm³/mol. The molecule has 0 amide bonds.